The number of carbonyl (C=O) groups is 1. The molecule has 0 amide bonds. The summed E-state index contributed by atoms with van der Waals surface area (Å²) >= 11 is 5.65. The molecule has 142 valence electrons. The summed E-state index contributed by atoms with van der Waals surface area (Å²) in [7, 11) is 1.39. The van der Waals surface area contributed by atoms with Gasteiger partial charge in [-0.25, -0.2) is 4.79 Å². The van der Waals surface area contributed by atoms with E-state index in [1.807, 2.05) is 19.1 Å². The minimum atomic E-state index is -0.345. The van der Waals surface area contributed by atoms with E-state index in [9.17, 15) is 4.79 Å². The van der Waals surface area contributed by atoms with Gasteiger partial charge in [-0.2, -0.15) is 0 Å². The van der Waals surface area contributed by atoms with Crippen molar-refractivity contribution < 1.29 is 9.53 Å². The first-order valence-corrected chi connectivity index (χ1v) is 9.71. The van der Waals surface area contributed by atoms with Crippen LogP contribution in [0.5, 0.6) is 0 Å². The van der Waals surface area contributed by atoms with Crippen molar-refractivity contribution in [3.8, 4) is 0 Å². The highest BCUT2D eigenvalue weighted by Gasteiger charge is 2.37. The molecule has 0 unspecified atom stereocenters. The molecule has 1 aliphatic rings. The molecule has 27 heavy (non-hydrogen) atoms. The number of methoxy groups -OCH3 is 1. The first-order chi connectivity index (χ1) is 13.0. The molecule has 5 heteroatoms. The number of esters is 1. The van der Waals surface area contributed by atoms with Crippen LogP contribution in [0.1, 0.15) is 52.7 Å². The molecule has 0 aliphatic heterocycles. The van der Waals surface area contributed by atoms with Gasteiger partial charge in [-0.05, 0) is 67.7 Å². The van der Waals surface area contributed by atoms with Crippen LogP contribution in [0.3, 0.4) is 0 Å². The van der Waals surface area contributed by atoms with Gasteiger partial charge in [0.1, 0.15) is 0 Å². The quantitative estimate of drug-likeness (QED) is 0.585. The fraction of sp³-hybridized carbons (Fsp3) is 0.364. The molecule has 3 rings (SSSR count). The number of thiocarbonyl (C=S) groups is 1. The van der Waals surface area contributed by atoms with Gasteiger partial charge in [0.15, 0.2) is 5.11 Å². The van der Waals surface area contributed by atoms with Crippen molar-refractivity contribution in [1.82, 2.24) is 5.32 Å². The molecule has 0 radical (unpaired) electrons. The molecule has 0 heterocycles. The molecule has 0 saturated heterocycles. The van der Waals surface area contributed by atoms with Gasteiger partial charge in [0.05, 0.1) is 18.2 Å². The predicted molar refractivity (Wildman–Crippen MR) is 113 cm³/mol. The number of anilines is 1. The van der Waals surface area contributed by atoms with E-state index in [2.05, 4.69) is 41.8 Å². The fourth-order valence-electron chi connectivity index (χ4n) is 4.02. The van der Waals surface area contributed by atoms with Crippen LogP contribution in [0, 0.1) is 13.8 Å². The zero-order valence-corrected chi connectivity index (χ0v) is 16.9. The van der Waals surface area contributed by atoms with E-state index in [1.165, 1.54) is 31.1 Å². The smallest absolute Gasteiger partial charge is 0.338 e. The third kappa shape index (κ3) is 3.98. The Morgan fingerprint density at radius 3 is 2.44 bits per heavy atom. The van der Waals surface area contributed by atoms with E-state index in [0.29, 0.717) is 10.7 Å². The average molecular weight is 383 g/mol. The lowest BCUT2D eigenvalue weighted by Crippen LogP contribution is -2.46. The number of hydrogen-bond donors (Lipinski definition) is 2. The van der Waals surface area contributed by atoms with Gasteiger partial charge >= 0.3 is 5.97 Å². The number of ether oxygens (including phenoxy) is 1. The summed E-state index contributed by atoms with van der Waals surface area (Å²) in [4.78, 5) is 11.9. The number of aryl methyl sites for hydroxylation is 1. The Labute approximate surface area is 166 Å². The molecule has 1 fully saturated rings. The summed E-state index contributed by atoms with van der Waals surface area (Å²) in [5.74, 6) is -0.345. The number of rotatable bonds is 4. The minimum absolute atomic E-state index is 0.136. The van der Waals surface area contributed by atoms with E-state index in [4.69, 9.17) is 17.0 Å². The highest BCUT2D eigenvalue weighted by Crippen LogP contribution is 2.40. The van der Waals surface area contributed by atoms with Gasteiger partial charge in [-0.3, -0.25) is 0 Å². The maximum atomic E-state index is 11.9. The number of hydrogen-bond acceptors (Lipinski definition) is 3. The van der Waals surface area contributed by atoms with Gasteiger partial charge in [0, 0.05) is 5.69 Å². The Balaban J connectivity index is 1.83. The van der Waals surface area contributed by atoms with Crippen molar-refractivity contribution >= 4 is 29.0 Å². The van der Waals surface area contributed by atoms with Crippen LogP contribution in [-0.4, -0.2) is 18.2 Å². The van der Waals surface area contributed by atoms with Crippen LogP contribution >= 0.6 is 12.2 Å². The summed E-state index contributed by atoms with van der Waals surface area (Å²) in [6.45, 7) is 4.04. The third-order valence-corrected chi connectivity index (χ3v) is 5.66. The molecule has 2 aromatic carbocycles. The lowest BCUT2D eigenvalue weighted by molar-refractivity contribution is 0.0600. The van der Waals surface area contributed by atoms with Gasteiger partial charge in [-0.15, -0.1) is 0 Å². The Kier molecular flexibility index (Phi) is 5.80. The zero-order valence-electron chi connectivity index (χ0n) is 16.1. The minimum Gasteiger partial charge on any atom is -0.465 e. The molecule has 1 saturated carbocycles. The van der Waals surface area contributed by atoms with Crippen LogP contribution in [-0.2, 0) is 10.3 Å². The number of benzene rings is 2. The second kappa shape index (κ2) is 8.09. The van der Waals surface area contributed by atoms with E-state index in [1.54, 1.807) is 6.07 Å². The third-order valence-electron chi connectivity index (χ3n) is 5.46. The zero-order chi connectivity index (χ0) is 19.4. The van der Waals surface area contributed by atoms with Crippen LogP contribution in [0.4, 0.5) is 5.69 Å². The van der Waals surface area contributed by atoms with Crippen LogP contribution in [0.25, 0.3) is 0 Å². The summed E-state index contributed by atoms with van der Waals surface area (Å²) in [5, 5.41) is 7.45. The topological polar surface area (TPSA) is 50.4 Å². The summed E-state index contributed by atoms with van der Waals surface area (Å²) in [5.41, 5.74) is 4.63. The van der Waals surface area contributed by atoms with Gasteiger partial charge in [0.2, 0.25) is 0 Å². The van der Waals surface area contributed by atoms with Crippen LogP contribution < -0.4 is 10.6 Å². The lowest BCUT2D eigenvalue weighted by Gasteiger charge is -2.34. The van der Waals surface area contributed by atoms with E-state index >= 15 is 0 Å². The summed E-state index contributed by atoms with van der Waals surface area (Å²) in [6, 6.07) is 14.0. The fourth-order valence-corrected chi connectivity index (χ4v) is 4.33. The predicted octanol–water partition coefficient (Wildman–Crippen LogP) is 4.85. The molecular weight excluding hydrogens is 356 g/mol. The SMILES string of the molecule is COC(=O)c1cccc(NC(=S)NC2(c3ccccc3C)CCCC2)c1C. The average Bonchev–Trinajstić information content (AvgIpc) is 3.12. The molecule has 4 nitrogen and oxygen atoms in total. The molecule has 2 N–H and O–H groups in total. The lowest BCUT2D eigenvalue weighted by atomic mass is 9.85. The Morgan fingerprint density at radius 2 is 1.78 bits per heavy atom. The molecule has 2 aromatic rings. The van der Waals surface area contributed by atoms with Crippen molar-refractivity contribution in [3.05, 3.63) is 64.7 Å². The highest BCUT2D eigenvalue weighted by atomic mass is 32.1. The van der Waals surface area contributed by atoms with Gasteiger partial charge in [0.25, 0.3) is 0 Å². The molecule has 0 aromatic heterocycles. The normalized spacial score (nSPS) is 15.2. The molecule has 0 bridgehead atoms. The molecule has 0 atom stereocenters. The highest BCUT2D eigenvalue weighted by molar-refractivity contribution is 7.80. The molecule has 1 aliphatic carbocycles. The van der Waals surface area contributed by atoms with Gasteiger partial charge < -0.3 is 15.4 Å². The standard InChI is InChI=1S/C22H26N2O2S/c1-15-9-4-5-11-18(15)22(13-6-7-14-22)24-21(27)23-19-12-8-10-17(16(19)2)20(25)26-3/h4-5,8-12H,6-7,13-14H2,1-3H3,(H2,23,24,27). The van der Waals surface area contributed by atoms with Crippen molar-refractivity contribution in [2.24, 2.45) is 0 Å². The number of carbonyl (C=O) groups excluding carboxylic acids is 1. The first kappa shape index (κ1) is 19.4. The summed E-state index contributed by atoms with van der Waals surface area (Å²) in [6.07, 6.45) is 4.48. The monoisotopic (exact) mass is 382 g/mol. The van der Waals surface area contributed by atoms with Crippen molar-refractivity contribution in [3.63, 3.8) is 0 Å². The Hall–Kier alpha value is -2.40. The Morgan fingerprint density at radius 1 is 1.07 bits per heavy atom. The van der Waals surface area contributed by atoms with Gasteiger partial charge in [-0.1, -0.05) is 43.2 Å². The van der Waals surface area contributed by atoms with E-state index in [0.717, 1.165) is 24.1 Å². The van der Waals surface area contributed by atoms with E-state index in [-0.39, 0.29) is 11.5 Å². The molecular formula is C22H26N2O2S. The second-order valence-corrected chi connectivity index (χ2v) is 7.56. The van der Waals surface area contributed by atoms with Crippen molar-refractivity contribution in [1.29, 1.82) is 0 Å². The van der Waals surface area contributed by atoms with Crippen molar-refractivity contribution in [2.45, 2.75) is 45.1 Å². The maximum absolute atomic E-state index is 11.9. The van der Waals surface area contributed by atoms with Crippen LogP contribution in [0.2, 0.25) is 0 Å². The second-order valence-electron chi connectivity index (χ2n) is 7.15. The van der Waals surface area contributed by atoms with Crippen LogP contribution in [0.15, 0.2) is 42.5 Å². The maximum Gasteiger partial charge on any atom is 0.338 e. The van der Waals surface area contributed by atoms with Crippen molar-refractivity contribution in [2.75, 3.05) is 12.4 Å². The largest absolute Gasteiger partial charge is 0.465 e. The van der Waals surface area contributed by atoms with E-state index < -0.39 is 0 Å². The summed E-state index contributed by atoms with van der Waals surface area (Å²) < 4.78 is 4.86. The number of nitrogens with one attached hydrogen (secondary N) is 2. The molecule has 0 spiro atoms. The first-order valence-electron chi connectivity index (χ1n) is 9.30. The Bertz CT molecular complexity index is 857.